The van der Waals surface area contributed by atoms with Crippen molar-refractivity contribution >= 4 is 11.7 Å². The maximum absolute atomic E-state index is 12.6. The first kappa shape index (κ1) is 16.8. The molecule has 1 heterocycles. The number of nitrogens with two attached hydrogens (primary N) is 1. The number of hydrogen-bond acceptors (Lipinski definition) is 4. The van der Waals surface area contributed by atoms with Gasteiger partial charge in [-0.1, -0.05) is 31.0 Å². The molecule has 2 aromatic carbocycles. The minimum absolute atomic E-state index is 0.260. The van der Waals surface area contributed by atoms with Crippen molar-refractivity contribution in [2.75, 3.05) is 12.3 Å². The lowest BCUT2D eigenvalue weighted by atomic mass is 9.53. The Kier molecular flexibility index (Phi) is 3.97. The van der Waals surface area contributed by atoms with Crippen LogP contribution in [0.4, 0.5) is 5.69 Å². The molecule has 0 radical (unpaired) electrons. The lowest BCUT2D eigenvalue weighted by molar-refractivity contribution is 0.0723. The van der Waals surface area contributed by atoms with Gasteiger partial charge in [0, 0.05) is 17.1 Å². The Hall–Kier alpha value is -2.33. The number of hydrogen-bond donors (Lipinski definition) is 2. The van der Waals surface area contributed by atoms with E-state index >= 15 is 0 Å². The number of carbonyl (C=O) groups is 1. The zero-order chi connectivity index (χ0) is 18.4. The zero-order valence-electron chi connectivity index (χ0n) is 15.5. The highest BCUT2D eigenvalue weighted by Crippen LogP contribution is 2.54. The third-order valence-corrected chi connectivity index (χ3v) is 7.01. The molecule has 2 aliphatic carbocycles. The van der Waals surface area contributed by atoms with E-state index in [4.69, 9.17) is 10.5 Å². The first-order valence-electron chi connectivity index (χ1n) is 10.1. The number of anilines is 1. The van der Waals surface area contributed by atoms with Crippen molar-refractivity contribution in [1.82, 2.24) is 5.32 Å². The average molecular weight is 362 g/mol. The van der Waals surface area contributed by atoms with Crippen LogP contribution in [0.25, 0.3) is 0 Å². The van der Waals surface area contributed by atoms with Crippen LogP contribution in [0.1, 0.15) is 53.6 Å². The predicted octanol–water partition coefficient (Wildman–Crippen LogP) is 3.83. The third kappa shape index (κ3) is 2.66. The molecule has 4 heteroatoms. The topological polar surface area (TPSA) is 64.4 Å². The molecular weight excluding hydrogens is 336 g/mol. The SMILES string of the molecule is Nc1ccccc1C(=O)Oc1ccc2c(c1)[C@@]13CCCC[C@H]1[C@@H](C2)NCC3. The number of ether oxygens (including phenoxy) is 1. The van der Waals surface area contributed by atoms with Crippen LogP contribution >= 0.6 is 0 Å². The Morgan fingerprint density at radius 3 is 2.93 bits per heavy atom. The minimum Gasteiger partial charge on any atom is -0.423 e. The molecule has 27 heavy (non-hydrogen) atoms. The van der Waals surface area contributed by atoms with E-state index in [2.05, 4.69) is 17.4 Å². The Balaban J connectivity index is 1.50. The van der Waals surface area contributed by atoms with Crippen LogP contribution in [0.5, 0.6) is 5.75 Å². The Morgan fingerprint density at radius 1 is 1.15 bits per heavy atom. The fourth-order valence-corrected chi connectivity index (χ4v) is 5.81. The fraction of sp³-hybridized carbons (Fsp3) is 0.435. The summed E-state index contributed by atoms with van der Waals surface area (Å²) in [6.45, 7) is 1.09. The molecule has 3 aliphatic rings. The van der Waals surface area contributed by atoms with Gasteiger partial charge in [0.1, 0.15) is 5.75 Å². The molecule has 0 amide bonds. The summed E-state index contributed by atoms with van der Waals surface area (Å²) in [6, 6.07) is 13.9. The number of nitrogens with one attached hydrogen (secondary N) is 1. The van der Waals surface area contributed by atoms with E-state index in [-0.39, 0.29) is 11.4 Å². The smallest absolute Gasteiger partial charge is 0.345 e. The first-order valence-corrected chi connectivity index (χ1v) is 10.1. The van der Waals surface area contributed by atoms with Gasteiger partial charge in [0.05, 0.1) is 5.56 Å². The van der Waals surface area contributed by atoms with Crippen LogP contribution in [0.2, 0.25) is 0 Å². The zero-order valence-corrected chi connectivity index (χ0v) is 15.5. The Labute approximate surface area is 160 Å². The molecule has 0 unspecified atom stereocenters. The molecule has 1 saturated carbocycles. The summed E-state index contributed by atoms with van der Waals surface area (Å²) < 4.78 is 5.73. The lowest BCUT2D eigenvalue weighted by Crippen LogP contribution is -2.59. The van der Waals surface area contributed by atoms with E-state index in [1.54, 1.807) is 18.2 Å². The highest BCUT2D eigenvalue weighted by atomic mass is 16.5. The number of piperidine rings is 1. The van der Waals surface area contributed by atoms with Crippen molar-refractivity contribution < 1.29 is 9.53 Å². The van der Waals surface area contributed by atoms with Gasteiger partial charge in [0.2, 0.25) is 0 Å². The van der Waals surface area contributed by atoms with Gasteiger partial charge >= 0.3 is 5.97 Å². The van der Waals surface area contributed by atoms with E-state index < -0.39 is 0 Å². The first-order chi connectivity index (χ1) is 13.2. The lowest BCUT2D eigenvalue weighted by Gasteiger charge is -2.56. The number of fused-ring (bicyclic) bond motifs is 1. The van der Waals surface area contributed by atoms with Crippen molar-refractivity contribution in [2.24, 2.45) is 5.92 Å². The number of esters is 1. The molecule has 2 fully saturated rings. The summed E-state index contributed by atoms with van der Waals surface area (Å²) in [5.41, 5.74) is 9.91. The second-order valence-corrected chi connectivity index (χ2v) is 8.32. The van der Waals surface area contributed by atoms with Crippen molar-refractivity contribution in [3.8, 4) is 5.75 Å². The summed E-state index contributed by atoms with van der Waals surface area (Å²) in [4.78, 5) is 12.6. The van der Waals surface area contributed by atoms with Crippen LogP contribution < -0.4 is 15.8 Å². The average Bonchev–Trinajstić information content (AvgIpc) is 2.69. The minimum atomic E-state index is -0.384. The largest absolute Gasteiger partial charge is 0.423 e. The standard InChI is InChI=1S/C23H26N2O2/c24-20-7-2-1-5-17(20)22(26)27-16-9-8-15-13-21-18-6-3-4-10-23(18,11-12-25-21)19(15)14-16/h1-2,5,7-9,14,18,21,25H,3-4,6,10-13,24H2/t18-,21+,23+/m0/s1. The summed E-state index contributed by atoms with van der Waals surface area (Å²) in [7, 11) is 0. The van der Waals surface area contributed by atoms with Gasteiger partial charge < -0.3 is 15.8 Å². The van der Waals surface area contributed by atoms with Gasteiger partial charge in [-0.3, -0.25) is 0 Å². The molecule has 1 saturated heterocycles. The van der Waals surface area contributed by atoms with Gasteiger partial charge in [-0.05, 0) is 73.5 Å². The van der Waals surface area contributed by atoms with E-state index in [0.717, 1.165) is 13.0 Å². The number of rotatable bonds is 2. The normalized spacial score (nSPS) is 28.7. The summed E-state index contributed by atoms with van der Waals surface area (Å²) >= 11 is 0. The van der Waals surface area contributed by atoms with Crippen molar-refractivity contribution in [3.63, 3.8) is 0 Å². The van der Waals surface area contributed by atoms with Crippen LogP contribution in [-0.4, -0.2) is 18.6 Å². The molecule has 1 aliphatic heterocycles. The maximum atomic E-state index is 12.6. The quantitative estimate of drug-likeness (QED) is 0.484. The molecule has 0 aromatic heterocycles. The summed E-state index contributed by atoms with van der Waals surface area (Å²) in [6.07, 6.45) is 7.47. The van der Waals surface area contributed by atoms with Gasteiger partial charge in [-0.2, -0.15) is 0 Å². The molecule has 3 atom stereocenters. The van der Waals surface area contributed by atoms with Gasteiger partial charge in [0.15, 0.2) is 0 Å². The molecule has 0 spiro atoms. The summed E-state index contributed by atoms with van der Waals surface area (Å²) in [5, 5.41) is 3.76. The van der Waals surface area contributed by atoms with Gasteiger partial charge in [0.25, 0.3) is 0 Å². The predicted molar refractivity (Wildman–Crippen MR) is 106 cm³/mol. The Bertz CT molecular complexity index is 890. The van der Waals surface area contributed by atoms with Crippen LogP contribution in [0.3, 0.4) is 0 Å². The monoisotopic (exact) mass is 362 g/mol. The molecule has 5 rings (SSSR count). The second kappa shape index (κ2) is 6.38. The van der Waals surface area contributed by atoms with E-state index in [9.17, 15) is 4.79 Å². The molecule has 140 valence electrons. The van der Waals surface area contributed by atoms with Crippen molar-refractivity contribution in [2.45, 2.75) is 50.0 Å². The molecule has 2 bridgehead atoms. The molecule has 3 N–H and O–H groups in total. The van der Waals surface area contributed by atoms with Gasteiger partial charge in [-0.15, -0.1) is 0 Å². The number of para-hydroxylation sites is 1. The van der Waals surface area contributed by atoms with E-state index in [1.165, 1.54) is 43.2 Å². The number of benzene rings is 2. The van der Waals surface area contributed by atoms with Crippen molar-refractivity contribution in [3.05, 3.63) is 59.2 Å². The fourth-order valence-electron chi connectivity index (χ4n) is 5.81. The third-order valence-electron chi connectivity index (χ3n) is 7.01. The second-order valence-electron chi connectivity index (χ2n) is 8.32. The van der Waals surface area contributed by atoms with Crippen LogP contribution in [-0.2, 0) is 11.8 Å². The number of nitrogen functional groups attached to an aromatic ring is 1. The highest BCUT2D eigenvalue weighted by Gasteiger charge is 2.51. The highest BCUT2D eigenvalue weighted by molar-refractivity contribution is 5.96. The van der Waals surface area contributed by atoms with Crippen molar-refractivity contribution in [1.29, 1.82) is 0 Å². The summed E-state index contributed by atoms with van der Waals surface area (Å²) in [5.74, 6) is 0.964. The Morgan fingerprint density at radius 2 is 2.04 bits per heavy atom. The van der Waals surface area contributed by atoms with Crippen LogP contribution in [0, 0.1) is 5.92 Å². The maximum Gasteiger partial charge on any atom is 0.345 e. The van der Waals surface area contributed by atoms with E-state index in [0.29, 0.717) is 29.0 Å². The van der Waals surface area contributed by atoms with Crippen LogP contribution in [0.15, 0.2) is 42.5 Å². The molecule has 2 aromatic rings. The molecule has 4 nitrogen and oxygen atoms in total. The van der Waals surface area contributed by atoms with E-state index in [1.807, 2.05) is 12.1 Å². The molecular formula is C23H26N2O2. The van der Waals surface area contributed by atoms with Gasteiger partial charge in [-0.25, -0.2) is 4.79 Å². The number of carbonyl (C=O) groups excluding carboxylic acids is 1.